The topological polar surface area (TPSA) is 19.4 Å². The van der Waals surface area contributed by atoms with Gasteiger partial charge in [-0.1, -0.05) is 138 Å². The molecule has 53 heavy (non-hydrogen) atoms. The van der Waals surface area contributed by atoms with Gasteiger partial charge in [0.15, 0.2) is 0 Å². The zero-order valence-electron chi connectivity index (χ0n) is 28.8. The van der Waals surface area contributed by atoms with Crippen molar-refractivity contribution in [1.82, 2.24) is 4.98 Å². The van der Waals surface area contributed by atoms with Gasteiger partial charge < -0.3 is 9.80 Å². The lowest BCUT2D eigenvalue weighted by atomic mass is 9.31. The molecule has 0 spiro atoms. The minimum atomic E-state index is 0.00865. The number of hydrogen-bond donors (Lipinski definition) is 0. The third kappa shape index (κ3) is 4.69. The molecule has 0 fully saturated rings. The fourth-order valence-corrected chi connectivity index (χ4v) is 10.1. The van der Waals surface area contributed by atoms with Crippen molar-refractivity contribution < 1.29 is 0 Å². The molecule has 0 unspecified atom stereocenters. The highest BCUT2D eigenvalue weighted by molar-refractivity contribution is 8.00. The first-order valence-corrected chi connectivity index (χ1v) is 19.0. The summed E-state index contributed by atoms with van der Waals surface area (Å²) in [6.07, 6.45) is 3.72. The lowest BCUT2D eigenvalue weighted by Gasteiger charge is -2.46. The molecule has 8 aromatic rings. The molecule has 1 aromatic heterocycles. The lowest BCUT2D eigenvalue weighted by molar-refractivity contribution is 1.24. The van der Waals surface area contributed by atoms with Gasteiger partial charge in [0.2, 0.25) is 13.4 Å². The van der Waals surface area contributed by atoms with E-state index < -0.39 is 0 Å². The molecule has 0 atom stereocenters. The van der Waals surface area contributed by atoms with Crippen molar-refractivity contribution in [2.75, 3.05) is 9.80 Å². The molecule has 3 aliphatic heterocycles. The van der Waals surface area contributed by atoms with E-state index >= 15 is 0 Å². The van der Waals surface area contributed by atoms with Gasteiger partial charge in [0.05, 0.1) is 0 Å². The summed E-state index contributed by atoms with van der Waals surface area (Å²) in [6.45, 7) is 0.120. The van der Waals surface area contributed by atoms with Crippen LogP contribution in [0.4, 0.5) is 34.1 Å². The summed E-state index contributed by atoms with van der Waals surface area (Å²) in [5.41, 5.74) is 17.6. The minimum absolute atomic E-state index is 0.00865. The van der Waals surface area contributed by atoms with Gasteiger partial charge in [-0.25, -0.2) is 0 Å². The highest BCUT2D eigenvalue weighted by atomic mass is 32.2. The number of hydrogen-bond acceptors (Lipinski definition) is 4. The number of aromatic nitrogens is 1. The van der Waals surface area contributed by atoms with Gasteiger partial charge >= 0.3 is 0 Å². The fraction of sp³-hybridized carbons (Fsp3) is 0. The Balaban J connectivity index is 1.26. The van der Waals surface area contributed by atoms with E-state index in [0.717, 1.165) is 16.9 Å². The molecule has 0 amide bonds. The average molecular weight is 691 g/mol. The van der Waals surface area contributed by atoms with Crippen LogP contribution < -0.4 is 42.6 Å². The minimum Gasteiger partial charge on any atom is -0.312 e. The van der Waals surface area contributed by atoms with Gasteiger partial charge in [-0.3, -0.25) is 4.98 Å². The first kappa shape index (κ1) is 30.4. The predicted octanol–water partition coefficient (Wildman–Crippen LogP) is 7.81. The van der Waals surface area contributed by atoms with E-state index in [-0.39, 0.29) is 13.4 Å². The van der Waals surface area contributed by atoms with E-state index in [2.05, 4.69) is 191 Å². The second-order valence-electron chi connectivity index (χ2n) is 13.9. The maximum Gasteiger partial charge on any atom is 0.249 e. The average Bonchev–Trinajstić information content (AvgIpc) is 3.23. The number of rotatable bonds is 4. The number of pyridine rings is 1. The van der Waals surface area contributed by atoms with Crippen molar-refractivity contribution in [3.63, 3.8) is 0 Å². The van der Waals surface area contributed by atoms with Crippen molar-refractivity contribution in [3.05, 3.63) is 188 Å². The van der Waals surface area contributed by atoms with Crippen LogP contribution in [0.1, 0.15) is 0 Å². The molecule has 3 aliphatic rings. The van der Waals surface area contributed by atoms with E-state index in [9.17, 15) is 0 Å². The summed E-state index contributed by atoms with van der Waals surface area (Å²) in [7, 11) is 0. The second kappa shape index (κ2) is 12.2. The van der Waals surface area contributed by atoms with Gasteiger partial charge in [0.25, 0.3) is 0 Å². The monoisotopic (exact) mass is 691 g/mol. The number of para-hydroxylation sites is 3. The van der Waals surface area contributed by atoms with Gasteiger partial charge in [-0.15, -0.1) is 0 Å². The Morgan fingerprint density at radius 3 is 1.72 bits per heavy atom. The Bertz CT molecular complexity index is 2670. The maximum atomic E-state index is 4.25. The molecule has 11 rings (SSSR count). The molecule has 7 aromatic carbocycles. The van der Waals surface area contributed by atoms with Crippen LogP contribution in [0.25, 0.3) is 11.1 Å². The van der Waals surface area contributed by atoms with Crippen LogP contribution >= 0.6 is 11.8 Å². The van der Waals surface area contributed by atoms with Crippen LogP contribution in [0.15, 0.2) is 198 Å². The van der Waals surface area contributed by atoms with Gasteiger partial charge in [0.1, 0.15) is 0 Å². The van der Waals surface area contributed by atoms with Gasteiger partial charge in [-0.2, -0.15) is 0 Å². The summed E-state index contributed by atoms with van der Waals surface area (Å²) in [5, 5.41) is 0. The molecule has 0 N–H and O–H groups in total. The summed E-state index contributed by atoms with van der Waals surface area (Å²) < 4.78 is 0. The Morgan fingerprint density at radius 2 is 0.981 bits per heavy atom. The molecular formula is C47H31B2N3S. The van der Waals surface area contributed by atoms with E-state index in [4.69, 9.17) is 0 Å². The van der Waals surface area contributed by atoms with Crippen molar-refractivity contribution in [1.29, 1.82) is 0 Å². The molecule has 4 heterocycles. The van der Waals surface area contributed by atoms with Crippen LogP contribution in [-0.4, -0.2) is 18.4 Å². The van der Waals surface area contributed by atoms with Crippen molar-refractivity contribution >= 4 is 92.1 Å². The molecule has 3 nitrogen and oxygen atoms in total. The Labute approximate surface area is 314 Å². The summed E-state index contributed by atoms with van der Waals surface area (Å²) >= 11 is 1.91. The third-order valence-corrected chi connectivity index (χ3v) is 12.2. The normalized spacial score (nSPS) is 13.4. The van der Waals surface area contributed by atoms with E-state index in [0.29, 0.717) is 0 Å². The molecule has 246 valence electrons. The zero-order chi connectivity index (χ0) is 34.9. The van der Waals surface area contributed by atoms with E-state index in [1.54, 1.807) is 0 Å². The SMILES string of the molecule is c1ccc(B2c3ccccc3N(c3ccc(-c4ccncc4)cc3)c3cc4c5c(c32)N(c2ccccc2)c2ccccc2B5c2ccccc2S4)cc1. The molecule has 0 bridgehead atoms. The number of anilines is 6. The number of benzene rings is 7. The van der Waals surface area contributed by atoms with Crippen molar-refractivity contribution in [2.45, 2.75) is 9.79 Å². The zero-order valence-corrected chi connectivity index (χ0v) is 29.6. The summed E-state index contributed by atoms with van der Waals surface area (Å²) in [4.78, 5) is 12.0. The molecule has 6 heteroatoms. The van der Waals surface area contributed by atoms with Crippen molar-refractivity contribution in [3.8, 4) is 11.1 Å². The van der Waals surface area contributed by atoms with E-state index in [1.165, 1.54) is 70.9 Å². The molecular weight excluding hydrogens is 660 g/mol. The van der Waals surface area contributed by atoms with Crippen LogP contribution in [0, 0.1) is 0 Å². The van der Waals surface area contributed by atoms with Crippen LogP contribution in [0.3, 0.4) is 0 Å². The predicted molar refractivity (Wildman–Crippen MR) is 225 cm³/mol. The number of fused-ring (bicyclic) bond motifs is 7. The lowest BCUT2D eigenvalue weighted by Crippen LogP contribution is -2.65. The van der Waals surface area contributed by atoms with Crippen LogP contribution in [0.5, 0.6) is 0 Å². The highest BCUT2D eigenvalue weighted by Gasteiger charge is 2.47. The second-order valence-corrected chi connectivity index (χ2v) is 15.0. The standard InChI is InChI=1S/C47H31B2N3S/c1-3-13-34(14-4-1)48-37-17-7-10-20-40(37)51(36-25-23-32(24-26-36)33-27-29-50-30-28-33)42-31-44-46-47(45(42)48)52(35-15-5-2-6-16-35)41-21-11-8-18-38(41)49(46)39-19-9-12-22-43(39)53-44/h1-31H. The molecule has 0 saturated carbocycles. The van der Waals surface area contributed by atoms with Crippen LogP contribution in [-0.2, 0) is 0 Å². The Hall–Kier alpha value is -6.23. The summed E-state index contributed by atoms with van der Waals surface area (Å²) in [6, 6.07) is 64.9. The van der Waals surface area contributed by atoms with Crippen LogP contribution in [0.2, 0.25) is 0 Å². The van der Waals surface area contributed by atoms with Gasteiger partial charge in [-0.05, 0) is 93.6 Å². The Kier molecular flexibility index (Phi) is 6.99. The van der Waals surface area contributed by atoms with E-state index in [1.807, 2.05) is 24.2 Å². The largest absolute Gasteiger partial charge is 0.312 e. The first-order valence-electron chi connectivity index (χ1n) is 18.2. The van der Waals surface area contributed by atoms with Crippen molar-refractivity contribution in [2.24, 2.45) is 0 Å². The third-order valence-electron chi connectivity index (χ3n) is 11.1. The smallest absolute Gasteiger partial charge is 0.249 e. The first-order chi connectivity index (χ1) is 26.3. The Morgan fingerprint density at radius 1 is 0.415 bits per heavy atom. The number of nitrogens with zero attached hydrogens (tertiary/aromatic N) is 3. The maximum absolute atomic E-state index is 4.25. The highest BCUT2D eigenvalue weighted by Crippen LogP contribution is 2.46. The molecule has 0 saturated heterocycles. The van der Waals surface area contributed by atoms with Gasteiger partial charge in [0, 0.05) is 56.3 Å². The summed E-state index contributed by atoms with van der Waals surface area (Å²) in [5.74, 6) is 0. The molecule has 0 aliphatic carbocycles. The molecule has 0 radical (unpaired) electrons. The quantitative estimate of drug-likeness (QED) is 0.176. The fourth-order valence-electron chi connectivity index (χ4n) is 8.88.